The first kappa shape index (κ1) is 12.3. The van der Waals surface area contributed by atoms with Crippen molar-refractivity contribution in [2.24, 2.45) is 5.92 Å². The van der Waals surface area contributed by atoms with Gasteiger partial charge in [-0.2, -0.15) is 0 Å². The highest BCUT2D eigenvalue weighted by Gasteiger charge is 2.24. The van der Waals surface area contributed by atoms with Crippen LogP contribution in [0.5, 0.6) is 0 Å². The molecule has 0 aliphatic heterocycles. The highest BCUT2D eigenvalue weighted by atomic mass is 16.3. The predicted molar refractivity (Wildman–Crippen MR) is 74.7 cm³/mol. The fourth-order valence-corrected chi connectivity index (χ4v) is 2.81. The first-order valence-electron chi connectivity index (χ1n) is 7.03. The lowest BCUT2D eigenvalue weighted by molar-refractivity contribution is -0.125. The topological polar surface area (TPSA) is 42.2 Å². The number of carbonyl (C=O) groups excluding carboxylic acids is 1. The number of benzene rings is 1. The number of hydrogen-bond acceptors (Lipinski definition) is 2. The first-order chi connectivity index (χ1) is 9.24. The molecule has 1 fully saturated rings. The van der Waals surface area contributed by atoms with Gasteiger partial charge in [-0.05, 0) is 31.9 Å². The minimum atomic E-state index is -0.0690. The zero-order chi connectivity index (χ0) is 13.2. The van der Waals surface area contributed by atoms with Crippen molar-refractivity contribution in [2.45, 2.75) is 38.6 Å². The SMILES string of the molecule is C[C@H](NC(=O)C1CCCC1)c1cc2ccccc2o1. The second kappa shape index (κ2) is 5.08. The van der Waals surface area contributed by atoms with E-state index in [0.717, 1.165) is 29.6 Å². The molecule has 2 aromatic rings. The molecule has 19 heavy (non-hydrogen) atoms. The van der Waals surface area contributed by atoms with E-state index in [9.17, 15) is 4.79 Å². The molecule has 100 valence electrons. The summed E-state index contributed by atoms with van der Waals surface area (Å²) in [6.45, 7) is 1.98. The molecule has 1 aromatic heterocycles. The van der Waals surface area contributed by atoms with Crippen molar-refractivity contribution in [2.75, 3.05) is 0 Å². The normalized spacial score (nSPS) is 17.7. The van der Waals surface area contributed by atoms with E-state index in [4.69, 9.17) is 4.42 Å². The third-order valence-electron chi connectivity index (χ3n) is 3.96. The summed E-state index contributed by atoms with van der Waals surface area (Å²) in [5.41, 5.74) is 0.875. The van der Waals surface area contributed by atoms with Crippen LogP contribution in [0.1, 0.15) is 44.4 Å². The maximum atomic E-state index is 12.1. The molecule has 1 saturated carbocycles. The number of rotatable bonds is 3. The lowest BCUT2D eigenvalue weighted by atomic mass is 10.1. The minimum absolute atomic E-state index is 0.0690. The van der Waals surface area contributed by atoms with Crippen molar-refractivity contribution < 1.29 is 9.21 Å². The van der Waals surface area contributed by atoms with Crippen LogP contribution in [0.3, 0.4) is 0 Å². The lowest BCUT2D eigenvalue weighted by Crippen LogP contribution is -2.31. The molecule has 1 atom stereocenters. The van der Waals surface area contributed by atoms with E-state index < -0.39 is 0 Å². The quantitative estimate of drug-likeness (QED) is 0.908. The lowest BCUT2D eigenvalue weighted by Gasteiger charge is -2.14. The minimum Gasteiger partial charge on any atom is -0.459 e. The summed E-state index contributed by atoms with van der Waals surface area (Å²) in [5, 5.41) is 4.15. The number of nitrogens with one attached hydrogen (secondary N) is 1. The number of hydrogen-bond donors (Lipinski definition) is 1. The van der Waals surface area contributed by atoms with Gasteiger partial charge in [-0.25, -0.2) is 0 Å². The fraction of sp³-hybridized carbons (Fsp3) is 0.438. The Morgan fingerprint density at radius 1 is 1.32 bits per heavy atom. The van der Waals surface area contributed by atoms with Crippen LogP contribution in [0, 0.1) is 5.92 Å². The van der Waals surface area contributed by atoms with Crippen molar-refractivity contribution in [3.63, 3.8) is 0 Å². The van der Waals surface area contributed by atoms with Crippen molar-refractivity contribution in [1.29, 1.82) is 0 Å². The Labute approximate surface area is 113 Å². The molecule has 1 heterocycles. The number of fused-ring (bicyclic) bond motifs is 1. The molecule has 3 nitrogen and oxygen atoms in total. The number of furan rings is 1. The van der Waals surface area contributed by atoms with Gasteiger partial charge in [0.1, 0.15) is 11.3 Å². The first-order valence-corrected chi connectivity index (χ1v) is 7.03. The Morgan fingerprint density at radius 3 is 2.79 bits per heavy atom. The average molecular weight is 257 g/mol. The third-order valence-corrected chi connectivity index (χ3v) is 3.96. The van der Waals surface area contributed by atoms with Crippen LogP contribution >= 0.6 is 0 Å². The van der Waals surface area contributed by atoms with E-state index in [2.05, 4.69) is 5.32 Å². The molecule has 0 saturated heterocycles. The van der Waals surface area contributed by atoms with E-state index in [1.807, 2.05) is 37.3 Å². The van der Waals surface area contributed by atoms with Gasteiger partial charge in [0.05, 0.1) is 6.04 Å². The van der Waals surface area contributed by atoms with Gasteiger partial charge in [-0.3, -0.25) is 4.79 Å². The summed E-state index contributed by atoms with van der Waals surface area (Å²) in [7, 11) is 0. The van der Waals surface area contributed by atoms with Gasteiger partial charge in [-0.15, -0.1) is 0 Å². The van der Waals surface area contributed by atoms with E-state index in [0.29, 0.717) is 0 Å². The Kier molecular flexibility index (Phi) is 3.28. The van der Waals surface area contributed by atoms with Gasteiger partial charge < -0.3 is 9.73 Å². The molecule has 1 amide bonds. The van der Waals surface area contributed by atoms with E-state index in [-0.39, 0.29) is 17.9 Å². The van der Waals surface area contributed by atoms with Gasteiger partial charge in [0.25, 0.3) is 0 Å². The van der Waals surface area contributed by atoms with Gasteiger partial charge in [0.15, 0.2) is 0 Å². The van der Waals surface area contributed by atoms with Crippen LogP contribution in [-0.2, 0) is 4.79 Å². The highest BCUT2D eigenvalue weighted by molar-refractivity contribution is 5.80. The molecule has 3 heteroatoms. The van der Waals surface area contributed by atoms with E-state index in [1.54, 1.807) is 0 Å². The van der Waals surface area contributed by atoms with Crippen LogP contribution in [0.25, 0.3) is 11.0 Å². The Hall–Kier alpha value is -1.77. The van der Waals surface area contributed by atoms with Crippen LogP contribution in [0.15, 0.2) is 34.7 Å². The molecule has 1 aromatic carbocycles. The summed E-state index contributed by atoms with van der Waals surface area (Å²) in [4.78, 5) is 12.1. The second-order valence-electron chi connectivity index (χ2n) is 5.40. The zero-order valence-electron chi connectivity index (χ0n) is 11.2. The molecule has 3 rings (SSSR count). The van der Waals surface area contributed by atoms with Crippen molar-refractivity contribution in [1.82, 2.24) is 5.32 Å². The van der Waals surface area contributed by atoms with Gasteiger partial charge in [0.2, 0.25) is 5.91 Å². The Bertz CT molecular complexity index is 548. The number of carbonyl (C=O) groups is 1. The van der Waals surface area contributed by atoms with E-state index in [1.165, 1.54) is 12.8 Å². The highest BCUT2D eigenvalue weighted by Crippen LogP contribution is 2.27. The molecular weight excluding hydrogens is 238 g/mol. The molecular formula is C16H19NO2. The maximum Gasteiger partial charge on any atom is 0.223 e. The molecule has 1 N–H and O–H groups in total. The maximum absolute atomic E-state index is 12.1. The Balaban J connectivity index is 1.72. The van der Waals surface area contributed by atoms with Crippen LogP contribution < -0.4 is 5.32 Å². The predicted octanol–water partition coefficient (Wildman–Crippen LogP) is 3.80. The Morgan fingerprint density at radius 2 is 2.05 bits per heavy atom. The summed E-state index contributed by atoms with van der Waals surface area (Å²) < 4.78 is 5.78. The zero-order valence-corrected chi connectivity index (χ0v) is 11.2. The van der Waals surface area contributed by atoms with Crippen LogP contribution in [-0.4, -0.2) is 5.91 Å². The van der Waals surface area contributed by atoms with Crippen molar-refractivity contribution in [3.05, 3.63) is 36.1 Å². The monoisotopic (exact) mass is 257 g/mol. The fourth-order valence-electron chi connectivity index (χ4n) is 2.81. The number of para-hydroxylation sites is 1. The molecule has 0 radical (unpaired) electrons. The standard InChI is InChI=1S/C16H19NO2/c1-11(17-16(18)12-6-2-3-7-12)15-10-13-8-4-5-9-14(13)19-15/h4-5,8-12H,2-3,6-7H2,1H3,(H,17,18)/t11-/m0/s1. The third kappa shape index (κ3) is 2.50. The van der Waals surface area contributed by atoms with Gasteiger partial charge >= 0.3 is 0 Å². The van der Waals surface area contributed by atoms with Crippen molar-refractivity contribution in [3.8, 4) is 0 Å². The van der Waals surface area contributed by atoms with E-state index >= 15 is 0 Å². The summed E-state index contributed by atoms with van der Waals surface area (Å²) in [5.74, 6) is 1.20. The summed E-state index contributed by atoms with van der Waals surface area (Å²) in [6.07, 6.45) is 4.41. The van der Waals surface area contributed by atoms with Gasteiger partial charge in [0, 0.05) is 11.3 Å². The molecule has 0 spiro atoms. The molecule has 0 unspecified atom stereocenters. The summed E-state index contributed by atoms with van der Waals surface area (Å²) >= 11 is 0. The average Bonchev–Trinajstić information content (AvgIpc) is 3.07. The molecule has 0 bridgehead atoms. The smallest absolute Gasteiger partial charge is 0.223 e. The molecule has 1 aliphatic carbocycles. The second-order valence-corrected chi connectivity index (χ2v) is 5.40. The van der Waals surface area contributed by atoms with Crippen LogP contribution in [0.4, 0.5) is 0 Å². The largest absolute Gasteiger partial charge is 0.459 e. The van der Waals surface area contributed by atoms with Gasteiger partial charge in [-0.1, -0.05) is 31.0 Å². The van der Waals surface area contributed by atoms with Crippen LogP contribution in [0.2, 0.25) is 0 Å². The number of amides is 1. The van der Waals surface area contributed by atoms with Crippen molar-refractivity contribution >= 4 is 16.9 Å². The molecule has 1 aliphatic rings. The summed E-state index contributed by atoms with van der Waals surface area (Å²) in [6, 6.07) is 9.86.